The van der Waals surface area contributed by atoms with E-state index in [0.29, 0.717) is 39.8 Å². The second kappa shape index (κ2) is 5.84. The number of carbonyl (C=O) groups is 1. The zero-order valence-corrected chi connectivity index (χ0v) is 14.8. The Morgan fingerprint density at radius 2 is 2.04 bits per heavy atom. The number of ether oxygens (including phenoxy) is 1. The first-order chi connectivity index (χ1) is 11.2. The summed E-state index contributed by atoms with van der Waals surface area (Å²) in [5.74, 6) is -0.160. The third-order valence-corrected chi connectivity index (χ3v) is 4.92. The number of nitrogens with zero attached hydrogens (tertiary/aromatic N) is 1. The van der Waals surface area contributed by atoms with Gasteiger partial charge in [-0.2, -0.15) is 5.26 Å². The van der Waals surface area contributed by atoms with Crippen LogP contribution < -0.4 is 5.73 Å². The monoisotopic (exact) mass is 362 g/mol. The van der Waals surface area contributed by atoms with Crippen molar-refractivity contribution in [1.29, 1.82) is 5.26 Å². The maximum atomic E-state index is 12.8. The standard InChI is InChI=1S/C18H16Cl2N2O2/c1-18(2)6-13(23)16-14(7-18)24-17(22)11(8-21)15(16)10-5-9(19)3-4-12(10)20/h3-5,15H,6-7,22H2,1-2H3/t15-/m1/s1. The van der Waals surface area contributed by atoms with Crippen LogP contribution in [0, 0.1) is 16.7 Å². The van der Waals surface area contributed by atoms with E-state index in [2.05, 4.69) is 6.07 Å². The van der Waals surface area contributed by atoms with Crippen molar-refractivity contribution in [2.45, 2.75) is 32.6 Å². The number of allylic oxidation sites excluding steroid dienone is 3. The average Bonchev–Trinajstić information content (AvgIpc) is 2.47. The van der Waals surface area contributed by atoms with Gasteiger partial charge in [0.2, 0.25) is 5.88 Å². The minimum atomic E-state index is -0.645. The van der Waals surface area contributed by atoms with Crippen molar-refractivity contribution >= 4 is 29.0 Å². The van der Waals surface area contributed by atoms with Crippen LogP contribution in [0.15, 0.2) is 41.0 Å². The van der Waals surface area contributed by atoms with Gasteiger partial charge in [0.15, 0.2) is 5.78 Å². The lowest BCUT2D eigenvalue weighted by Gasteiger charge is -2.37. The van der Waals surface area contributed by atoms with Crippen molar-refractivity contribution in [2.75, 3.05) is 0 Å². The van der Waals surface area contributed by atoms with E-state index in [1.807, 2.05) is 13.8 Å². The summed E-state index contributed by atoms with van der Waals surface area (Å²) in [5, 5.41) is 10.5. The van der Waals surface area contributed by atoms with Gasteiger partial charge in [-0.1, -0.05) is 37.0 Å². The molecule has 0 aromatic heterocycles. The van der Waals surface area contributed by atoms with E-state index in [9.17, 15) is 10.1 Å². The molecule has 6 heteroatoms. The summed E-state index contributed by atoms with van der Waals surface area (Å²) in [7, 11) is 0. The molecule has 1 aliphatic carbocycles. The molecule has 0 unspecified atom stereocenters. The smallest absolute Gasteiger partial charge is 0.205 e. The van der Waals surface area contributed by atoms with Gasteiger partial charge in [-0.15, -0.1) is 0 Å². The Morgan fingerprint density at radius 1 is 1.33 bits per heavy atom. The number of nitriles is 1. The number of hydrogen-bond donors (Lipinski definition) is 1. The fraction of sp³-hybridized carbons (Fsp3) is 0.333. The van der Waals surface area contributed by atoms with Crippen molar-refractivity contribution in [3.05, 3.63) is 56.6 Å². The summed E-state index contributed by atoms with van der Waals surface area (Å²) in [4.78, 5) is 12.8. The number of benzene rings is 1. The van der Waals surface area contributed by atoms with Crippen LogP contribution in [0.4, 0.5) is 0 Å². The molecular formula is C18H16Cl2N2O2. The predicted octanol–water partition coefficient (Wildman–Crippen LogP) is 4.44. The molecule has 1 aromatic carbocycles. The van der Waals surface area contributed by atoms with Gasteiger partial charge in [0.1, 0.15) is 17.4 Å². The fourth-order valence-electron chi connectivity index (χ4n) is 3.33. The highest BCUT2D eigenvalue weighted by Crippen LogP contribution is 2.49. The van der Waals surface area contributed by atoms with Gasteiger partial charge in [-0.05, 0) is 29.2 Å². The van der Waals surface area contributed by atoms with Gasteiger partial charge in [-0.25, -0.2) is 0 Å². The number of nitrogens with two attached hydrogens (primary N) is 1. The lowest BCUT2D eigenvalue weighted by molar-refractivity contribution is -0.119. The molecule has 0 bridgehead atoms. The Kier molecular flexibility index (Phi) is 4.11. The number of halogens is 2. The Balaban J connectivity index is 2.24. The average molecular weight is 363 g/mol. The molecular weight excluding hydrogens is 347 g/mol. The summed E-state index contributed by atoms with van der Waals surface area (Å²) in [6.45, 7) is 4.00. The van der Waals surface area contributed by atoms with Crippen LogP contribution in [0.25, 0.3) is 0 Å². The molecule has 24 heavy (non-hydrogen) atoms. The van der Waals surface area contributed by atoms with Crippen molar-refractivity contribution in [3.8, 4) is 6.07 Å². The maximum absolute atomic E-state index is 12.8. The minimum absolute atomic E-state index is 0.0165. The van der Waals surface area contributed by atoms with E-state index in [0.717, 1.165) is 0 Å². The lowest BCUT2D eigenvalue weighted by atomic mass is 9.70. The molecule has 2 N–H and O–H groups in total. The summed E-state index contributed by atoms with van der Waals surface area (Å²) in [5.41, 5.74) is 6.98. The number of rotatable bonds is 1. The van der Waals surface area contributed by atoms with Gasteiger partial charge in [0.25, 0.3) is 0 Å². The third-order valence-electron chi connectivity index (χ3n) is 4.34. The molecule has 124 valence electrons. The molecule has 2 aliphatic rings. The summed E-state index contributed by atoms with van der Waals surface area (Å²) < 4.78 is 5.64. The van der Waals surface area contributed by atoms with Gasteiger partial charge in [0, 0.05) is 28.5 Å². The third kappa shape index (κ3) is 2.79. The second-order valence-electron chi connectivity index (χ2n) is 6.87. The Hall–Kier alpha value is -1.96. The van der Waals surface area contributed by atoms with E-state index in [1.54, 1.807) is 18.2 Å². The summed E-state index contributed by atoms with van der Waals surface area (Å²) >= 11 is 12.4. The molecule has 0 radical (unpaired) electrons. The molecule has 0 spiro atoms. The highest BCUT2D eigenvalue weighted by Gasteiger charge is 2.43. The van der Waals surface area contributed by atoms with Crippen LogP contribution in [0.3, 0.4) is 0 Å². The number of Topliss-reactive ketones (excluding diaryl/α,β-unsaturated/α-hetero) is 1. The molecule has 1 aromatic rings. The van der Waals surface area contributed by atoms with Crippen molar-refractivity contribution in [1.82, 2.24) is 0 Å². The van der Waals surface area contributed by atoms with Crippen LogP contribution in [-0.4, -0.2) is 5.78 Å². The number of carbonyl (C=O) groups excluding carboxylic acids is 1. The zero-order valence-electron chi connectivity index (χ0n) is 13.3. The van der Waals surface area contributed by atoms with Gasteiger partial charge >= 0.3 is 0 Å². The SMILES string of the molecule is CC1(C)CC(=O)C2=C(C1)OC(N)=C(C#N)[C@H]2c1cc(Cl)ccc1Cl. The maximum Gasteiger partial charge on any atom is 0.205 e. The Bertz CT molecular complexity index is 847. The Morgan fingerprint density at radius 3 is 2.71 bits per heavy atom. The lowest BCUT2D eigenvalue weighted by Crippen LogP contribution is -2.33. The highest BCUT2D eigenvalue weighted by atomic mass is 35.5. The van der Waals surface area contributed by atoms with Crippen molar-refractivity contribution in [3.63, 3.8) is 0 Å². The molecule has 1 atom stereocenters. The van der Waals surface area contributed by atoms with Crippen LogP contribution >= 0.6 is 23.2 Å². The normalized spacial score (nSPS) is 22.8. The van der Waals surface area contributed by atoms with Gasteiger partial charge in [0.05, 0.1) is 5.92 Å². The van der Waals surface area contributed by atoms with E-state index < -0.39 is 5.92 Å². The molecule has 1 heterocycles. The largest absolute Gasteiger partial charge is 0.444 e. The molecule has 0 fully saturated rings. The minimum Gasteiger partial charge on any atom is -0.444 e. The molecule has 4 nitrogen and oxygen atoms in total. The van der Waals surface area contributed by atoms with Gasteiger partial charge < -0.3 is 10.5 Å². The van der Waals surface area contributed by atoms with E-state index in [-0.39, 0.29) is 22.7 Å². The Labute approximate surface area is 150 Å². The molecule has 0 amide bonds. The van der Waals surface area contributed by atoms with E-state index >= 15 is 0 Å². The first kappa shape index (κ1) is 16.9. The predicted molar refractivity (Wildman–Crippen MR) is 92.2 cm³/mol. The topological polar surface area (TPSA) is 76.1 Å². The van der Waals surface area contributed by atoms with Crippen LogP contribution in [0.1, 0.15) is 38.2 Å². The molecule has 3 rings (SSSR count). The van der Waals surface area contributed by atoms with Crippen LogP contribution in [-0.2, 0) is 9.53 Å². The second-order valence-corrected chi connectivity index (χ2v) is 7.71. The summed E-state index contributed by atoms with van der Waals surface area (Å²) in [6.07, 6.45) is 0.949. The van der Waals surface area contributed by atoms with E-state index in [1.165, 1.54) is 0 Å². The molecule has 1 aliphatic heterocycles. The van der Waals surface area contributed by atoms with E-state index in [4.69, 9.17) is 33.7 Å². The van der Waals surface area contributed by atoms with Crippen molar-refractivity contribution in [2.24, 2.45) is 11.1 Å². The number of ketones is 1. The first-order valence-corrected chi connectivity index (χ1v) is 8.28. The quantitative estimate of drug-likeness (QED) is 0.800. The zero-order chi connectivity index (χ0) is 17.6. The first-order valence-electron chi connectivity index (χ1n) is 7.52. The number of hydrogen-bond acceptors (Lipinski definition) is 4. The van der Waals surface area contributed by atoms with Crippen molar-refractivity contribution < 1.29 is 9.53 Å². The fourth-order valence-corrected chi connectivity index (χ4v) is 3.74. The molecule has 0 saturated carbocycles. The highest BCUT2D eigenvalue weighted by molar-refractivity contribution is 6.33. The van der Waals surface area contributed by atoms with Crippen LogP contribution in [0.2, 0.25) is 10.0 Å². The van der Waals surface area contributed by atoms with Crippen LogP contribution in [0.5, 0.6) is 0 Å². The molecule has 0 saturated heterocycles. The summed E-state index contributed by atoms with van der Waals surface area (Å²) in [6, 6.07) is 7.04. The van der Waals surface area contributed by atoms with Gasteiger partial charge in [-0.3, -0.25) is 4.79 Å².